The Hall–Kier alpha value is -1.51. The van der Waals surface area contributed by atoms with Crippen LogP contribution in [0.25, 0.3) is 0 Å². The van der Waals surface area contributed by atoms with Crippen molar-refractivity contribution in [2.24, 2.45) is 0 Å². The highest BCUT2D eigenvalue weighted by Crippen LogP contribution is 2.38. The molecule has 0 saturated heterocycles. The second-order valence-corrected chi connectivity index (χ2v) is 25.7. The van der Waals surface area contributed by atoms with Crippen molar-refractivity contribution in [1.82, 2.24) is 5.32 Å². The van der Waals surface area contributed by atoms with Crippen molar-refractivity contribution in [3.05, 3.63) is 24.3 Å². The lowest BCUT2D eigenvalue weighted by Crippen LogP contribution is -2.47. The van der Waals surface area contributed by atoms with E-state index in [4.69, 9.17) is 13.8 Å². The van der Waals surface area contributed by atoms with Crippen LogP contribution in [0.5, 0.6) is 0 Å². The molecule has 10 heteroatoms. The normalized spacial score (nSPS) is 13.7. The lowest BCUT2D eigenvalue weighted by molar-refractivity contribution is -0.870. The molecule has 0 radical (unpaired) electrons. The average molecular weight is 1110 g/mol. The Labute approximate surface area is 479 Å². The summed E-state index contributed by atoms with van der Waals surface area (Å²) in [5.41, 5.74) is 0. The molecule has 0 aromatic heterocycles. The van der Waals surface area contributed by atoms with Crippen molar-refractivity contribution in [3.63, 3.8) is 0 Å². The van der Waals surface area contributed by atoms with Gasteiger partial charge in [0.15, 0.2) is 0 Å². The molecule has 0 aromatic carbocycles. The van der Waals surface area contributed by atoms with Crippen molar-refractivity contribution >= 4 is 19.7 Å². The lowest BCUT2D eigenvalue weighted by Gasteiger charge is -2.30. The molecule has 0 saturated carbocycles. The SMILES string of the molecule is CCCCCCCC/C=C/CCCCCCCCCCCC(=O)OC(/C=C/CCCCCCCCCCCCC)C(COP(=O)([O-])OCC[N+](C)(C)C)NC(=O)CCCCCCCCCCCCCCCCCCCCC. The zero-order chi connectivity index (χ0) is 56.4. The van der Waals surface area contributed by atoms with Gasteiger partial charge in [-0.05, 0) is 57.4 Å². The first-order valence-corrected chi connectivity index (χ1v) is 35.1. The molecular weight excluding hydrogens is 976 g/mol. The van der Waals surface area contributed by atoms with Crippen molar-refractivity contribution in [2.45, 2.75) is 354 Å². The van der Waals surface area contributed by atoms with Crippen molar-refractivity contribution in [1.29, 1.82) is 0 Å². The summed E-state index contributed by atoms with van der Waals surface area (Å²) in [6, 6.07) is -0.884. The summed E-state index contributed by atoms with van der Waals surface area (Å²) in [6.07, 6.45) is 68.6. The number of phosphoric acid groups is 1. The second kappa shape index (κ2) is 57.7. The number of allylic oxidation sites excluding steroid dienone is 3. The molecule has 1 amide bonds. The van der Waals surface area contributed by atoms with Crippen LogP contribution in [0, 0.1) is 0 Å². The van der Waals surface area contributed by atoms with Crippen LogP contribution < -0.4 is 10.2 Å². The molecule has 456 valence electrons. The number of carbonyl (C=O) groups excluding carboxylic acids is 2. The number of phosphoric ester groups is 1. The lowest BCUT2D eigenvalue weighted by atomic mass is 10.0. The average Bonchev–Trinajstić information content (AvgIpc) is 3.39. The monoisotopic (exact) mass is 1110 g/mol. The van der Waals surface area contributed by atoms with E-state index in [1.807, 2.05) is 33.3 Å². The minimum Gasteiger partial charge on any atom is -0.756 e. The van der Waals surface area contributed by atoms with Gasteiger partial charge < -0.3 is 28.5 Å². The van der Waals surface area contributed by atoms with Crippen LogP contribution in [0.1, 0.15) is 342 Å². The fourth-order valence-corrected chi connectivity index (χ4v) is 10.9. The standard InChI is InChI=1S/C67H131N2O7P/c1-7-10-13-16-19-22-25-28-30-32-34-36-38-41-44-47-50-53-56-59-66(70)68-64(63-75-77(72,73)74-62-61-69(4,5)6)65(58-55-52-49-46-43-40-27-24-21-18-15-12-9-3)76-67(71)60-57-54-51-48-45-42-39-37-35-33-31-29-26-23-20-17-14-11-8-2/h29,31,55,58,64-65H,7-28,30,32-54,56-57,59-63H2,1-6H3,(H-,68,70,72,73)/b31-29+,58-55+. The fourth-order valence-electron chi connectivity index (χ4n) is 10.2. The van der Waals surface area contributed by atoms with Gasteiger partial charge in [0.1, 0.15) is 19.3 Å². The number of quaternary nitrogens is 1. The van der Waals surface area contributed by atoms with Crippen LogP contribution in [0.4, 0.5) is 0 Å². The molecule has 9 nitrogen and oxygen atoms in total. The summed E-state index contributed by atoms with van der Waals surface area (Å²) in [5.74, 6) is -0.523. The van der Waals surface area contributed by atoms with Crippen LogP contribution in [-0.2, 0) is 27.9 Å². The van der Waals surface area contributed by atoms with E-state index in [0.29, 0.717) is 17.4 Å². The first kappa shape index (κ1) is 75.5. The van der Waals surface area contributed by atoms with Crippen LogP contribution in [0.2, 0.25) is 0 Å². The van der Waals surface area contributed by atoms with Gasteiger partial charge in [0.25, 0.3) is 7.82 Å². The number of likely N-dealkylation sites (N-methyl/N-ethyl adjacent to an activating group) is 1. The van der Waals surface area contributed by atoms with Crippen molar-refractivity contribution in [2.75, 3.05) is 40.9 Å². The van der Waals surface area contributed by atoms with Crippen molar-refractivity contribution in [3.8, 4) is 0 Å². The molecule has 0 spiro atoms. The Kier molecular flexibility index (Phi) is 56.6. The molecule has 0 aliphatic rings. The largest absolute Gasteiger partial charge is 0.756 e. The van der Waals surface area contributed by atoms with E-state index in [-0.39, 0.29) is 31.5 Å². The highest BCUT2D eigenvalue weighted by molar-refractivity contribution is 7.45. The van der Waals surface area contributed by atoms with Crippen molar-refractivity contribution < 1.29 is 37.3 Å². The summed E-state index contributed by atoms with van der Waals surface area (Å²) < 4.78 is 30.4. The first-order chi connectivity index (χ1) is 37.4. The Bertz CT molecular complexity index is 1370. The fraction of sp³-hybridized carbons (Fsp3) is 0.910. The predicted molar refractivity (Wildman–Crippen MR) is 330 cm³/mol. The molecule has 0 aliphatic carbocycles. The number of esters is 1. The Balaban J connectivity index is 5.17. The molecule has 0 aromatic rings. The Morgan fingerprint density at radius 3 is 1.10 bits per heavy atom. The maximum Gasteiger partial charge on any atom is 0.306 e. The number of hydrogen-bond acceptors (Lipinski definition) is 7. The van der Waals surface area contributed by atoms with E-state index in [1.54, 1.807) is 0 Å². The topological polar surface area (TPSA) is 114 Å². The maximum atomic E-state index is 13.6. The third-order valence-electron chi connectivity index (χ3n) is 15.4. The van der Waals surface area contributed by atoms with E-state index in [0.717, 1.165) is 57.8 Å². The molecule has 0 bridgehead atoms. The van der Waals surface area contributed by atoms with E-state index in [9.17, 15) is 19.0 Å². The van der Waals surface area contributed by atoms with Gasteiger partial charge in [-0.2, -0.15) is 0 Å². The first-order valence-electron chi connectivity index (χ1n) is 33.6. The summed E-state index contributed by atoms with van der Waals surface area (Å²) in [4.78, 5) is 40.1. The van der Waals surface area contributed by atoms with Gasteiger partial charge in [-0.15, -0.1) is 0 Å². The minimum absolute atomic E-state index is 0.0186. The predicted octanol–water partition coefficient (Wildman–Crippen LogP) is 20.3. The summed E-state index contributed by atoms with van der Waals surface area (Å²) in [6.45, 7) is 6.90. The third kappa shape index (κ3) is 58.9. The van der Waals surface area contributed by atoms with E-state index >= 15 is 0 Å². The molecule has 0 rings (SSSR count). The summed E-state index contributed by atoms with van der Waals surface area (Å²) in [5, 5.41) is 3.05. The molecular formula is C67H131N2O7P. The van der Waals surface area contributed by atoms with Crippen LogP contribution >= 0.6 is 7.82 Å². The zero-order valence-corrected chi connectivity index (χ0v) is 53.1. The number of amides is 1. The van der Waals surface area contributed by atoms with E-state index < -0.39 is 20.0 Å². The molecule has 3 unspecified atom stereocenters. The summed E-state index contributed by atoms with van der Waals surface area (Å²) in [7, 11) is 1.20. The van der Waals surface area contributed by atoms with Gasteiger partial charge in [0, 0.05) is 12.8 Å². The number of carbonyl (C=O) groups is 2. The second-order valence-electron chi connectivity index (χ2n) is 24.3. The van der Waals surface area contributed by atoms with Gasteiger partial charge in [-0.25, -0.2) is 0 Å². The number of rotatable bonds is 62. The molecule has 1 N–H and O–H groups in total. The maximum absolute atomic E-state index is 13.6. The van der Waals surface area contributed by atoms with Gasteiger partial charge in [-0.3, -0.25) is 14.2 Å². The molecule has 0 aliphatic heterocycles. The van der Waals surface area contributed by atoms with Crippen LogP contribution in [-0.4, -0.2) is 69.4 Å². The number of unbranched alkanes of at least 4 members (excludes halogenated alkanes) is 44. The quantitative estimate of drug-likeness (QED) is 0.0212. The van der Waals surface area contributed by atoms with Gasteiger partial charge >= 0.3 is 5.97 Å². The Morgan fingerprint density at radius 2 is 0.753 bits per heavy atom. The number of ether oxygens (including phenoxy) is 1. The number of nitrogens with zero attached hydrogens (tertiary/aromatic N) is 1. The van der Waals surface area contributed by atoms with Gasteiger partial charge in [-0.1, -0.05) is 296 Å². The highest BCUT2D eigenvalue weighted by Gasteiger charge is 2.27. The van der Waals surface area contributed by atoms with Crippen LogP contribution in [0.3, 0.4) is 0 Å². The van der Waals surface area contributed by atoms with Crippen LogP contribution in [0.15, 0.2) is 24.3 Å². The molecule has 3 atom stereocenters. The zero-order valence-electron chi connectivity index (χ0n) is 52.2. The number of nitrogens with one attached hydrogen (secondary N) is 1. The molecule has 0 heterocycles. The van der Waals surface area contributed by atoms with E-state index in [1.165, 1.54) is 250 Å². The third-order valence-corrected chi connectivity index (χ3v) is 16.3. The smallest absolute Gasteiger partial charge is 0.306 e. The summed E-state index contributed by atoms with van der Waals surface area (Å²) >= 11 is 0. The Morgan fingerprint density at radius 1 is 0.442 bits per heavy atom. The van der Waals surface area contributed by atoms with Gasteiger partial charge in [0.2, 0.25) is 5.91 Å². The van der Waals surface area contributed by atoms with E-state index in [2.05, 4.69) is 38.2 Å². The number of hydrogen-bond donors (Lipinski definition) is 1. The highest BCUT2D eigenvalue weighted by atomic mass is 31.2. The van der Waals surface area contributed by atoms with Gasteiger partial charge in [0.05, 0.1) is 33.8 Å². The molecule has 0 fully saturated rings. The minimum atomic E-state index is -4.70. The molecule has 77 heavy (non-hydrogen) atoms.